The summed E-state index contributed by atoms with van der Waals surface area (Å²) in [4.78, 5) is 13.4. The van der Waals surface area contributed by atoms with Crippen molar-refractivity contribution in [1.82, 2.24) is 14.7 Å². The third-order valence-electron chi connectivity index (χ3n) is 3.75. The van der Waals surface area contributed by atoms with E-state index in [4.69, 9.17) is 4.74 Å². The fourth-order valence-electron chi connectivity index (χ4n) is 2.70. The summed E-state index contributed by atoms with van der Waals surface area (Å²) in [5, 5.41) is 16.4. The number of aromatic nitrogens is 2. The van der Waals surface area contributed by atoms with E-state index in [0.717, 1.165) is 0 Å². The number of amides is 1. The first-order valence-electron chi connectivity index (χ1n) is 7.73. The third kappa shape index (κ3) is 3.93. The number of hydrogen-bond donors (Lipinski definition) is 2. The van der Waals surface area contributed by atoms with Crippen LogP contribution in [0.15, 0.2) is 6.20 Å². The largest absolute Gasteiger partial charge is 0.444 e. The molecule has 8 heteroatoms. The maximum absolute atomic E-state index is 14.6. The Labute approximate surface area is 135 Å². The van der Waals surface area contributed by atoms with E-state index in [9.17, 15) is 14.3 Å². The van der Waals surface area contributed by atoms with Crippen LogP contribution in [0.1, 0.15) is 38.8 Å². The Morgan fingerprint density at radius 1 is 1.57 bits per heavy atom. The number of piperidine rings is 1. The minimum absolute atomic E-state index is 0.0307. The second kappa shape index (κ2) is 6.74. The van der Waals surface area contributed by atoms with Crippen molar-refractivity contribution in [2.75, 3.05) is 25.5 Å². The molecule has 0 radical (unpaired) electrons. The lowest BCUT2D eigenvalue weighted by molar-refractivity contribution is 0.00594. The zero-order valence-electron chi connectivity index (χ0n) is 14.0. The van der Waals surface area contributed by atoms with E-state index in [1.165, 1.54) is 11.1 Å². The smallest absolute Gasteiger partial charge is 0.410 e. The molecule has 130 valence electrons. The van der Waals surface area contributed by atoms with Crippen LogP contribution in [0.2, 0.25) is 0 Å². The molecule has 1 aromatic rings. The van der Waals surface area contributed by atoms with Gasteiger partial charge in [0, 0.05) is 19.2 Å². The Morgan fingerprint density at radius 3 is 2.78 bits per heavy atom. The maximum atomic E-state index is 14.6. The van der Waals surface area contributed by atoms with Gasteiger partial charge in [0.1, 0.15) is 17.6 Å². The molecule has 0 aromatic carbocycles. The molecule has 1 saturated heterocycles. The van der Waals surface area contributed by atoms with Gasteiger partial charge in [0.15, 0.2) is 0 Å². The van der Waals surface area contributed by atoms with Gasteiger partial charge in [0.2, 0.25) is 0 Å². The van der Waals surface area contributed by atoms with Crippen molar-refractivity contribution in [3.05, 3.63) is 11.8 Å². The molecule has 2 rings (SSSR count). The van der Waals surface area contributed by atoms with Gasteiger partial charge in [-0.2, -0.15) is 5.10 Å². The van der Waals surface area contributed by atoms with Crippen LogP contribution in [0.4, 0.5) is 15.0 Å². The minimum atomic E-state index is -1.25. The summed E-state index contributed by atoms with van der Waals surface area (Å²) in [6.07, 6.45) is 0.208. The summed E-state index contributed by atoms with van der Waals surface area (Å²) in [5.41, 5.74) is 0.0195. The molecular formula is C15H25FN4O3. The molecule has 2 N–H and O–H groups in total. The van der Waals surface area contributed by atoms with E-state index in [1.54, 1.807) is 32.5 Å². The lowest BCUT2D eigenvalue weighted by Crippen LogP contribution is -2.47. The van der Waals surface area contributed by atoms with Gasteiger partial charge < -0.3 is 20.1 Å². The monoisotopic (exact) mass is 328 g/mol. The lowest BCUT2D eigenvalue weighted by Gasteiger charge is -2.36. The van der Waals surface area contributed by atoms with E-state index in [1.807, 2.05) is 0 Å². The highest BCUT2D eigenvalue weighted by atomic mass is 19.1. The van der Waals surface area contributed by atoms with Gasteiger partial charge in [-0.25, -0.2) is 13.9 Å². The first-order chi connectivity index (χ1) is 10.8. The van der Waals surface area contributed by atoms with E-state index < -0.39 is 23.9 Å². The summed E-state index contributed by atoms with van der Waals surface area (Å²) in [5.74, 6) is 0.603. The number of nitrogens with one attached hydrogen (secondary N) is 1. The number of ether oxygens (including phenoxy) is 1. The number of aliphatic hydroxyl groups is 1. The van der Waals surface area contributed by atoms with Crippen LogP contribution >= 0.6 is 0 Å². The molecule has 1 fully saturated rings. The van der Waals surface area contributed by atoms with Crippen LogP contribution in [0.3, 0.4) is 0 Å². The molecule has 7 nitrogen and oxygen atoms in total. The number of anilines is 1. The van der Waals surface area contributed by atoms with Crippen molar-refractivity contribution < 1.29 is 19.0 Å². The number of carbonyl (C=O) groups excluding carboxylic acids is 1. The Hall–Kier alpha value is -1.83. The standard InChI is InChI=1S/C15H25FN4O3/c1-15(2,3)23-14(22)19-6-5-12(11(16)8-19)20-13(17-4)10(9-21)7-18-20/h7,11-12,17,21H,5-6,8-9H2,1-4H3. The van der Waals surface area contributed by atoms with Crippen molar-refractivity contribution in [2.24, 2.45) is 0 Å². The Balaban J connectivity index is 2.07. The maximum Gasteiger partial charge on any atom is 0.410 e. The molecule has 0 spiro atoms. The van der Waals surface area contributed by atoms with Crippen LogP contribution in [0, 0.1) is 0 Å². The van der Waals surface area contributed by atoms with Crippen LogP contribution in [0.25, 0.3) is 0 Å². The average Bonchev–Trinajstić information content (AvgIpc) is 2.87. The highest BCUT2D eigenvalue weighted by Crippen LogP contribution is 2.30. The molecule has 1 aliphatic rings. The molecule has 23 heavy (non-hydrogen) atoms. The van der Waals surface area contributed by atoms with Crippen LogP contribution in [-0.4, -0.2) is 57.8 Å². The van der Waals surface area contributed by atoms with E-state index in [-0.39, 0.29) is 13.2 Å². The number of rotatable bonds is 3. The molecule has 0 aliphatic carbocycles. The summed E-state index contributed by atoms with van der Waals surface area (Å²) >= 11 is 0. The summed E-state index contributed by atoms with van der Waals surface area (Å²) in [7, 11) is 1.70. The molecule has 0 saturated carbocycles. The van der Waals surface area contributed by atoms with Gasteiger partial charge in [0.25, 0.3) is 0 Å². The molecular weight excluding hydrogens is 303 g/mol. The van der Waals surface area contributed by atoms with Crippen molar-refractivity contribution in [1.29, 1.82) is 0 Å². The molecule has 1 amide bonds. The van der Waals surface area contributed by atoms with E-state index >= 15 is 0 Å². The predicted octanol–water partition coefficient (Wildman–Crippen LogP) is 1.94. The molecule has 1 aliphatic heterocycles. The number of likely N-dealkylation sites (tertiary alicyclic amines) is 1. The van der Waals surface area contributed by atoms with Gasteiger partial charge in [0.05, 0.1) is 25.4 Å². The quantitative estimate of drug-likeness (QED) is 0.886. The van der Waals surface area contributed by atoms with Gasteiger partial charge in [-0.1, -0.05) is 0 Å². The Bertz CT molecular complexity index is 555. The molecule has 0 bridgehead atoms. The fraction of sp³-hybridized carbons (Fsp3) is 0.733. The van der Waals surface area contributed by atoms with Gasteiger partial charge in [-0.05, 0) is 27.2 Å². The Morgan fingerprint density at radius 2 is 2.26 bits per heavy atom. The van der Waals surface area contributed by atoms with Crippen molar-refractivity contribution >= 4 is 11.9 Å². The van der Waals surface area contributed by atoms with Crippen molar-refractivity contribution in [3.63, 3.8) is 0 Å². The summed E-state index contributed by atoms with van der Waals surface area (Å²) in [6.45, 7) is 5.55. The topological polar surface area (TPSA) is 79.6 Å². The van der Waals surface area contributed by atoms with E-state index in [2.05, 4.69) is 10.4 Å². The van der Waals surface area contributed by atoms with Crippen molar-refractivity contribution in [2.45, 2.75) is 51.6 Å². The van der Waals surface area contributed by atoms with Crippen LogP contribution in [-0.2, 0) is 11.3 Å². The van der Waals surface area contributed by atoms with E-state index in [0.29, 0.717) is 24.3 Å². The second-order valence-corrected chi connectivity index (χ2v) is 6.67. The van der Waals surface area contributed by atoms with Gasteiger partial charge >= 0.3 is 6.09 Å². The van der Waals surface area contributed by atoms with Gasteiger partial charge in [-0.15, -0.1) is 0 Å². The summed E-state index contributed by atoms with van der Waals surface area (Å²) < 4.78 is 21.4. The summed E-state index contributed by atoms with van der Waals surface area (Å²) in [6, 6.07) is -0.476. The number of carbonyl (C=O) groups is 1. The SMILES string of the molecule is CNc1c(CO)cnn1C1CCN(C(=O)OC(C)(C)C)CC1F. The van der Waals surface area contributed by atoms with Crippen LogP contribution < -0.4 is 5.32 Å². The fourth-order valence-corrected chi connectivity index (χ4v) is 2.70. The van der Waals surface area contributed by atoms with Gasteiger partial charge in [-0.3, -0.25) is 0 Å². The molecule has 2 atom stereocenters. The second-order valence-electron chi connectivity index (χ2n) is 6.67. The Kier molecular flexibility index (Phi) is 5.13. The highest BCUT2D eigenvalue weighted by molar-refractivity contribution is 5.68. The number of alkyl halides is 1. The average molecular weight is 328 g/mol. The number of halogens is 1. The number of hydrogen-bond acceptors (Lipinski definition) is 5. The predicted molar refractivity (Wildman–Crippen MR) is 84.1 cm³/mol. The molecule has 2 unspecified atom stereocenters. The number of aliphatic hydroxyl groups excluding tert-OH is 1. The molecule has 1 aromatic heterocycles. The zero-order chi connectivity index (χ0) is 17.2. The first kappa shape index (κ1) is 17.5. The molecule has 2 heterocycles. The number of nitrogens with zero attached hydrogens (tertiary/aromatic N) is 3. The normalized spacial score (nSPS) is 22.1. The third-order valence-corrected chi connectivity index (χ3v) is 3.75. The zero-order valence-corrected chi connectivity index (χ0v) is 14.0. The van der Waals surface area contributed by atoms with Crippen molar-refractivity contribution in [3.8, 4) is 0 Å². The first-order valence-corrected chi connectivity index (χ1v) is 7.73. The minimum Gasteiger partial charge on any atom is -0.444 e. The lowest BCUT2D eigenvalue weighted by atomic mass is 10.0. The van der Waals surface area contributed by atoms with Crippen LogP contribution in [0.5, 0.6) is 0 Å². The highest BCUT2D eigenvalue weighted by Gasteiger charge is 2.36.